The molecule has 164 valence electrons. The molecule has 3 aromatic rings. The largest absolute Gasteiger partial charge is 0.508 e. The summed E-state index contributed by atoms with van der Waals surface area (Å²) in [6.07, 6.45) is 0. The van der Waals surface area contributed by atoms with Gasteiger partial charge in [0.2, 0.25) is 0 Å². The molecule has 2 aliphatic heterocycles. The van der Waals surface area contributed by atoms with E-state index in [0.717, 1.165) is 0 Å². The van der Waals surface area contributed by atoms with Crippen LogP contribution in [0.2, 0.25) is 0 Å². The van der Waals surface area contributed by atoms with Gasteiger partial charge in [0.25, 0.3) is 0 Å². The van der Waals surface area contributed by atoms with Crippen molar-refractivity contribution in [1.82, 2.24) is 0 Å². The Kier molecular flexibility index (Phi) is 6.35. The second-order valence-electron chi connectivity index (χ2n) is 6.85. The molecule has 2 N–H and O–H groups in total. The standard InChI is InChI=1S/C20H5Br4I3O5/c21-10-7-8(11(22)13(24)12(10)23)20(32-19(7)30)5-2-1-4(28)3-6(5)31-18-9(20)14(25)15(26)17(29)16(18)27/h1-3,28-29H. The van der Waals surface area contributed by atoms with Crippen LogP contribution in [0.4, 0.5) is 0 Å². The number of esters is 1. The Labute approximate surface area is 255 Å². The van der Waals surface area contributed by atoms with E-state index in [0.29, 0.717) is 62.4 Å². The van der Waals surface area contributed by atoms with Crippen molar-refractivity contribution in [3.05, 3.63) is 69.1 Å². The lowest BCUT2D eigenvalue weighted by Crippen LogP contribution is -2.35. The molecule has 0 saturated carbocycles. The van der Waals surface area contributed by atoms with Gasteiger partial charge in [-0.25, -0.2) is 4.79 Å². The number of aromatic hydroxyl groups is 2. The molecular weight excluding hydrogens is 1020 g/mol. The number of fused-ring (bicyclic) bond motifs is 6. The highest BCUT2D eigenvalue weighted by Crippen LogP contribution is 2.63. The van der Waals surface area contributed by atoms with Crippen LogP contribution in [-0.4, -0.2) is 16.2 Å². The van der Waals surface area contributed by atoms with Crippen LogP contribution in [0, 0.1) is 10.7 Å². The zero-order chi connectivity index (χ0) is 23.3. The normalized spacial score (nSPS) is 18.2. The van der Waals surface area contributed by atoms with Crippen LogP contribution in [0.3, 0.4) is 0 Å². The van der Waals surface area contributed by atoms with Crippen molar-refractivity contribution in [1.29, 1.82) is 0 Å². The molecule has 32 heavy (non-hydrogen) atoms. The molecule has 0 fully saturated rings. The summed E-state index contributed by atoms with van der Waals surface area (Å²) in [5.74, 6) is 0.267. The van der Waals surface area contributed by atoms with E-state index in [4.69, 9.17) is 9.47 Å². The first-order valence-corrected chi connectivity index (χ1v) is 14.9. The number of benzene rings is 3. The third-order valence-corrected chi connectivity index (χ3v) is 14.2. The molecule has 5 nitrogen and oxygen atoms in total. The monoisotopic (exact) mass is 1020 g/mol. The number of hydrogen-bond donors (Lipinski definition) is 2. The van der Waals surface area contributed by atoms with Crippen molar-refractivity contribution in [3.63, 3.8) is 0 Å². The van der Waals surface area contributed by atoms with Crippen molar-refractivity contribution in [2.24, 2.45) is 0 Å². The van der Waals surface area contributed by atoms with E-state index in [1.165, 1.54) is 12.1 Å². The molecule has 0 bridgehead atoms. The van der Waals surface area contributed by atoms with Gasteiger partial charge in [0.1, 0.15) is 17.2 Å². The lowest BCUT2D eigenvalue weighted by molar-refractivity contribution is 0.0218. The maximum atomic E-state index is 13.4. The Hall–Kier alpha value is 0.640. The molecule has 1 atom stereocenters. The van der Waals surface area contributed by atoms with Gasteiger partial charge in [0, 0.05) is 38.7 Å². The number of phenols is 2. The van der Waals surface area contributed by atoms with E-state index in [1.54, 1.807) is 6.07 Å². The molecule has 0 aliphatic carbocycles. The summed E-state index contributed by atoms with van der Waals surface area (Å²) < 4.78 is 16.8. The first-order chi connectivity index (χ1) is 15.0. The molecule has 0 radical (unpaired) electrons. The quantitative estimate of drug-likeness (QED) is 0.102. The second kappa shape index (κ2) is 8.35. The third-order valence-electron chi connectivity index (χ3n) is 5.23. The highest BCUT2D eigenvalue weighted by atomic mass is 127. The Morgan fingerprint density at radius 3 is 2.19 bits per heavy atom. The average Bonchev–Trinajstić information content (AvgIpc) is 3.05. The summed E-state index contributed by atoms with van der Waals surface area (Å²) in [5, 5.41) is 20.9. The number of carbonyl (C=O) groups excluding carboxylic acids is 1. The van der Waals surface area contributed by atoms with E-state index in [-0.39, 0.29) is 11.5 Å². The van der Waals surface area contributed by atoms with Gasteiger partial charge in [-0.2, -0.15) is 0 Å². The van der Waals surface area contributed by atoms with Crippen LogP contribution in [-0.2, 0) is 10.3 Å². The SMILES string of the molecule is O=C1OC2(c3ccc(O)cc3Oc3c(I)c(O)c(I)c(I)c32)c2c(Br)c(Br)c(Br)c(Br)c21. The fraction of sp³-hybridized carbons (Fsp3) is 0.0500. The molecule has 0 amide bonds. The van der Waals surface area contributed by atoms with E-state index in [1.807, 2.05) is 22.6 Å². The summed E-state index contributed by atoms with van der Waals surface area (Å²) in [7, 11) is 0. The molecular formula is C20H5Br4I3O5. The van der Waals surface area contributed by atoms with E-state index >= 15 is 0 Å². The fourth-order valence-electron chi connectivity index (χ4n) is 3.93. The molecule has 1 spiro atoms. The van der Waals surface area contributed by atoms with Crippen LogP contribution in [0.1, 0.15) is 27.0 Å². The molecule has 3 aromatic carbocycles. The molecule has 0 aromatic heterocycles. The number of carbonyl (C=O) groups is 1. The maximum Gasteiger partial charge on any atom is 0.341 e. The van der Waals surface area contributed by atoms with Gasteiger partial charge in [0.05, 0.1) is 18.3 Å². The summed E-state index contributed by atoms with van der Waals surface area (Å²) >= 11 is 20.6. The van der Waals surface area contributed by atoms with Crippen LogP contribution in [0.5, 0.6) is 23.0 Å². The Balaban J connectivity index is 2.05. The number of ether oxygens (including phenoxy) is 2. The zero-order valence-electron chi connectivity index (χ0n) is 15.0. The minimum atomic E-state index is -1.38. The van der Waals surface area contributed by atoms with Gasteiger partial charge in [-0.15, -0.1) is 0 Å². The van der Waals surface area contributed by atoms with Gasteiger partial charge >= 0.3 is 5.97 Å². The van der Waals surface area contributed by atoms with E-state index in [2.05, 4.69) is 109 Å². The summed E-state index contributed by atoms with van der Waals surface area (Å²) in [5.41, 5.74) is 0.755. The average molecular weight is 1030 g/mol. The van der Waals surface area contributed by atoms with Crippen molar-refractivity contribution in [2.75, 3.05) is 0 Å². The van der Waals surface area contributed by atoms with Crippen molar-refractivity contribution in [2.45, 2.75) is 5.60 Å². The van der Waals surface area contributed by atoms with Gasteiger partial charge in [-0.1, -0.05) is 0 Å². The Bertz CT molecular complexity index is 1410. The minimum Gasteiger partial charge on any atom is -0.508 e. The second-order valence-corrected chi connectivity index (χ2v) is 13.3. The topological polar surface area (TPSA) is 76.0 Å². The summed E-state index contributed by atoms with van der Waals surface area (Å²) in [6.45, 7) is 0. The fourth-order valence-corrected chi connectivity index (χ4v) is 9.07. The molecule has 5 rings (SSSR count). The van der Waals surface area contributed by atoms with Crippen molar-refractivity contribution < 1.29 is 24.5 Å². The Morgan fingerprint density at radius 1 is 0.844 bits per heavy atom. The predicted octanol–water partition coefficient (Wildman–Crippen LogP) is 8.53. The summed E-state index contributed by atoms with van der Waals surface area (Å²) in [6, 6.07) is 4.69. The van der Waals surface area contributed by atoms with E-state index < -0.39 is 11.6 Å². The van der Waals surface area contributed by atoms with E-state index in [9.17, 15) is 15.0 Å². The molecule has 2 aliphatic rings. The van der Waals surface area contributed by atoms with Gasteiger partial charge in [-0.3, -0.25) is 0 Å². The highest BCUT2D eigenvalue weighted by Gasteiger charge is 2.58. The lowest BCUT2D eigenvalue weighted by Gasteiger charge is -2.38. The highest BCUT2D eigenvalue weighted by molar-refractivity contribution is 14.1. The number of hydrogen-bond acceptors (Lipinski definition) is 5. The minimum absolute atomic E-state index is 0.00330. The Morgan fingerprint density at radius 2 is 1.50 bits per heavy atom. The first-order valence-electron chi connectivity index (χ1n) is 8.53. The smallest absolute Gasteiger partial charge is 0.341 e. The van der Waals surface area contributed by atoms with Gasteiger partial charge < -0.3 is 19.7 Å². The zero-order valence-corrected chi connectivity index (χ0v) is 27.8. The van der Waals surface area contributed by atoms with Crippen LogP contribution in [0.25, 0.3) is 0 Å². The number of halogens is 7. The van der Waals surface area contributed by atoms with Crippen LogP contribution >= 0.6 is 131 Å². The van der Waals surface area contributed by atoms with Crippen molar-refractivity contribution >= 4 is 137 Å². The molecule has 0 saturated heterocycles. The molecule has 1 unspecified atom stereocenters. The van der Waals surface area contributed by atoms with Crippen molar-refractivity contribution in [3.8, 4) is 23.0 Å². The predicted molar refractivity (Wildman–Crippen MR) is 157 cm³/mol. The van der Waals surface area contributed by atoms with Gasteiger partial charge in [0.15, 0.2) is 11.4 Å². The van der Waals surface area contributed by atoms with Gasteiger partial charge in [-0.05, 0) is 144 Å². The maximum absolute atomic E-state index is 13.4. The summed E-state index contributed by atoms with van der Waals surface area (Å²) in [4.78, 5) is 13.4. The van der Waals surface area contributed by atoms with Crippen LogP contribution in [0.15, 0.2) is 36.1 Å². The first kappa shape index (κ1) is 24.3. The number of rotatable bonds is 0. The van der Waals surface area contributed by atoms with Crippen LogP contribution < -0.4 is 4.74 Å². The number of phenolic OH excluding ortho intramolecular Hbond substituents is 2. The molecule has 2 heterocycles. The molecule has 12 heteroatoms. The third kappa shape index (κ3) is 3.14. The lowest BCUT2D eigenvalue weighted by atomic mass is 9.77.